The van der Waals surface area contributed by atoms with Crippen molar-refractivity contribution in [1.29, 1.82) is 5.26 Å². The van der Waals surface area contributed by atoms with E-state index in [1.165, 1.54) is 11.8 Å². The van der Waals surface area contributed by atoms with E-state index in [0.29, 0.717) is 38.6 Å². The molecule has 0 bridgehead atoms. The van der Waals surface area contributed by atoms with Crippen LogP contribution < -0.4 is 4.74 Å². The van der Waals surface area contributed by atoms with Crippen molar-refractivity contribution >= 4 is 40.3 Å². The third kappa shape index (κ3) is 3.92. The minimum absolute atomic E-state index is 0.0933. The molecular weight excluding hydrogens is 356 g/mol. The molecule has 0 unspecified atom stereocenters. The van der Waals surface area contributed by atoms with E-state index in [2.05, 4.69) is 6.07 Å². The van der Waals surface area contributed by atoms with Gasteiger partial charge in [-0.25, -0.2) is 0 Å². The summed E-state index contributed by atoms with van der Waals surface area (Å²) in [5.41, 5.74) is 0.581. The van der Waals surface area contributed by atoms with Crippen LogP contribution in [0.5, 0.6) is 5.75 Å². The minimum atomic E-state index is -0.0933. The van der Waals surface area contributed by atoms with Crippen LogP contribution in [0, 0.1) is 11.3 Å². The lowest BCUT2D eigenvalue weighted by atomic mass is 10.2. The van der Waals surface area contributed by atoms with Crippen molar-refractivity contribution in [3.8, 4) is 11.8 Å². The molecule has 1 aromatic carbocycles. The number of likely N-dealkylation sites (N-methyl/N-ethyl adjacent to an activating group) is 1. The molecule has 0 aliphatic carbocycles. The molecule has 1 aliphatic heterocycles. The normalized spacial score (nSPS) is 15.7. The first-order chi connectivity index (χ1) is 12.1. The lowest BCUT2D eigenvalue weighted by Crippen LogP contribution is -2.27. The fourth-order valence-electron chi connectivity index (χ4n) is 2.23. The fraction of sp³-hybridized carbons (Fsp3) is 0.167. The van der Waals surface area contributed by atoms with Crippen LogP contribution in [0.25, 0.3) is 6.08 Å². The maximum Gasteiger partial charge on any atom is 0.266 e. The third-order valence-electron chi connectivity index (χ3n) is 3.51. The molecular formula is C18H14N2O3S2. The molecule has 2 heterocycles. The molecule has 2 aromatic rings. The van der Waals surface area contributed by atoms with Gasteiger partial charge in [0.25, 0.3) is 5.91 Å². The Morgan fingerprint density at radius 2 is 2.08 bits per heavy atom. The highest BCUT2D eigenvalue weighted by Crippen LogP contribution is 2.32. The first-order valence-corrected chi connectivity index (χ1v) is 8.80. The number of nitriles is 1. The van der Waals surface area contributed by atoms with Gasteiger partial charge < -0.3 is 9.15 Å². The maximum absolute atomic E-state index is 12.2. The highest BCUT2D eigenvalue weighted by Gasteiger charge is 2.30. The lowest BCUT2D eigenvalue weighted by Gasteiger charge is -2.09. The van der Waals surface area contributed by atoms with Crippen LogP contribution in [-0.2, 0) is 11.4 Å². The Kier molecular flexibility index (Phi) is 5.22. The predicted octanol–water partition coefficient (Wildman–Crippen LogP) is 3.95. The largest absolute Gasteiger partial charge is 0.486 e. The first-order valence-electron chi connectivity index (χ1n) is 7.57. The molecule has 25 heavy (non-hydrogen) atoms. The molecule has 1 saturated heterocycles. The van der Waals surface area contributed by atoms with E-state index >= 15 is 0 Å². The number of carbonyl (C=O) groups excluding carboxylic acids is 1. The van der Waals surface area contributed by atoms with E-state index in [4.69, 9.17) is 26.6 Å². The van der Waals surface area contributed by atoms with Gasteiger partial charge in [0.1, 0.15) is 28.2 Å². The molecule has 0 radical (unpaired) electrons. The molecule has 7 heteroatoms. The summed E-state index contributed by atoms with van der Waals surface area (Å²) in [6, 6.07) is 12.5. The maximum atomic E-state index is 12.2. The second-order valence-corrected chi connectivity index (χ2v) is 6.83. The van der Waals surface area contributed by atoms with Gasteiger partial charge in [0.2, 0.25) is 0 Å². The molecule has 1 fully saturated rings. The van der Waals surface area contributed by atoms with Crippen molar-refractivity contribution in [1.82, 2.24) is 4.90 Å². The van der Waals surface area contributed by atoms with Crippen LogP contribution in [0.1, 0.15) is 24.0 Å². The summed E-state index contributed by atoms with van der Waals surface area (Å²) in [4.78, 5) is 14.3. The number of amides is 1. The zero-order chi connectivity index (χ0) is 17.8. The Morgan fingerprint density at radius 3 is 2.72 bits per heavy atom. The molecule has 0 spiro atoms. The van der Waals surface area contributed by atoms with Gasteiger partial charge in [-0.3, -0.25) is 9.69 Å². The Bertz CT molecular complexity index is 878. The molecule has 1 amide bonds. The number of thiocarbonyl (C=S) groups is 1. The van der Waals surface area contributed by atoms with Gasteiger partial charge in [-0.1, -0.05) is 24.0 Å². The van der Waals surface area contributed by atoms with E-state index in [1.54, 1.807) is 47.4 Å². The predicted molar refractivity (Wildman–Crippen MR) is 99.8 cm³/mol. The summed E-state index contributed by atoms with van der Waals surface area (Å²) in [7, 11) is 0. The van der Waals surface area contributed by atoms with Gasteiger partial charge in [-0.15, -0.1) is 0 Å². The van der Waals surface area contributed by atoms with E-state index in [9.17, 15) is 4.79 Å². The molecule has 0 saturated carbocycles. The van der Waals surface area contributed by atoms with Gasteiger partial charge in [0, 0.05) is 12.6 Å². The molecule has 0 atom stereocenters. The highest BCUT2D eigenvalue weighted by molar-refractivity contribution is 8.26. The summed E-state index contributed by atoms with van der Waals surface area (Å²) in [5.74, 6) is 1.78. The van der Waals surface area contributed by atoms with Gasteiger partial charge in [-0.2, -0.15) is 5.26 Å². The van der Waals surface area contributed by atoms with Gasteiger partial charge in [0.05, 0.1) is 16.5 Å². The standard InChI is InChI=1S/C18H14N2O3S2/c1-2-20-17(21)16(25-18(20)24)9-14-7-8-15(23-14)11-22-13-5-3-12(10-19)4-6-13/h3-9H,2,11H2,1H3. The minimum Gasteiger partial charge on any atom is -0.486 e. The van der Waals surface area contributed by atoms with Crippen LogP contribution in [-0.4, -0.2) is 21.7 Å². The summed E-state index contributed by atoms with van der Waals surface area (Å²) >= 11 is 6.46. The number of benzene rings is 1. The van der Waals surface area contributed by atoms with Crippen LogP contribution in [0.3, 0.4) is 0 Å². The lowest BCUT2D eigenvalue weighted by molar-refractivity contribution is -0.121. The average molecular weight is 370 g/mol. The van der Waals surface area contributed by atoms with Crippen LogP contribution >= 0.6 is 24.0 Å². The summed E-state index contributed by atoms with van der Waals surface area (Å²) in [5, 5.41) is 8.78. The van der Waals surface area contributed by atoms with Crippen molar-refractivity contribution in [3.05, 3.63) is 58.4 Å². The van der Waals surface area contributed by atoms with Crippen LogP contribution in [0.2, 0.25) is 0 Å². The average Bonchev–Trinajstić information content (AvgIpc) is 3.18. The van der Waals surface area contributed by atoms with Crippen molar-refractivity contribution in [3.63, 3.8) is 0 Å². The first kappa shape index (κ1) is 17.3. The van der Waals surface area contributed by atoms with Gasteiger partial charge >= 0.3 is 0 Å². The van der Waals surface area contributed by atoms with Gasteiger partial charge in [0.15, 0.2) is 0 Å². The summed E-state index contributed by atoms with van der Waals surface area (Å²) in [6.45, 7) is 2.71. The second-order valence-electron chi connectivity index (χ2n) is 5.15. The van der Waals surface area contributed by atoms with E-state index < -0.39 is 0 Å². The second kappa shape index (κ2) is 7.55. The zero-order valence-electron chi connectivity index (χ0n) is 13.4. The number of nitrogens with zero attached hydrogens (tertiary/aromatic N) is 2. The Labute approximate surface area is 154 Å². The number of furan rings is 1. The van der Waals surface area contributed by atoms with Crippen molar-refractivity contribution < 1.29 is 13.9 Å². The molecule has 5 nitrogen and oxygen atoms in total. The van der Waals surface area contributed by atoms with E-state index in [1.807, 2.05) is 6.92 Å². The fourth-order valence-corrected chi connectivity index (χ4v) is 3.60. The third-order valence-corrected chi connectivity index (χ3v) is 4.89. The molecule has 126 valence electrons. The van der Waals surface area contributed by atoms with Crippen LogP contribution in [0.15, 0.2) is 45.7 Å². The topological polar surface area (TPSA) is 66.5 Å². The molecule has 1 aromatic heterocycles. The highest BCUT2D eigenvalue weighted by atomic mass is 32.2. The quantitative estimate of drug-likeness (QED) is 0.586. The molecule has 1 aliphatic rings. The Hall–Kier alpha value is -2.56. The molecule has 3 rings (SSSR count). The summed E-state index contributed by atoms with van der Waals surface area (Å²) in [6.07, 6.45) is 1.69. The number of carbonyl (C=O) groups is 1. The van der Waals surface area contributed by atoms with Crippen LogP contribution in [0.4, 0.5) is 0 Å². The number of hydrogen-bond acceptors (Lipinski definition) is 6. The Morgan fingerprint density at radius 1 is 1.32 bits per heavy atom. The van der Waals surface area contributed by atoms with Gasteiger partial charge in [-0.05, 0) is 43.3 Å². The Balaban J connectivity index is 1.64. The monoisotopic (exact) mass is 370 g/mol. The number of hydrogen-bond donors (Lipinski definition) is 0. The SMILES string of the molecule is CCN1C(=O)C(=Cc2ccc(COc3ccc(C#N)cc3)o2)SC1=S. The van der Waals surface area contributed by atoms with E-state index in [0.717, 1.165) is 0 Å². The summed E-state index contributed by atoms with van der Waals surface area (Å²) < 4.78 is 11.9. The number of rotatable bonds is 5. The van der Waals surface area contributed by atoms with Crippen molar-refractivity contribution in [2.24, 2.45) is 0 Å². The van der Waals surface area contributed by atoms with Crippen molar-refractivity contribution in [2.45, 2.75) is 13.5 Å². The van der Waals surface area contributed by atoms with E-state index in [-0.39, 0.29) is 12.5 Å². The smallest absolute Gasteiger partial charge is 0.266 e. The molecule has 0 N–H and O–H groups in total. The van der Waals surface area contributed by atoms with Crippen molar-refractivity contribution in [2.75, 3.05) is 6.54 Å². The number of ether oxygens (including phenoxy) is 1. The number of thioether (sulfide) groups is 1. The zero-order valence-corrected chi connectivity index (χ0v) is 15.0.